The number of furan rings is 1. The predicted molar refractivity (Wildman–Crippen MR) is 68.2 cm³/mol. The van der Waals surface area contributed by atoms with Gasteiger partial charge in [0.05, 0.1) is 12.5 Å². The molecule has 1 N–H and O–H groups in total. The van der Waals surface area contributed by atoms with Crippen molar-refractivity contribution < 1.29 is 4.42 Å². The van der Waals surface area contributed by atoms with Crippen molar-refractivity contribution in [2.75, 3.05) is 0 Å². The summed E-state index contributed by atoms with van der Waals surface area (Å²) in [5.41, 5.74) is 3.52. The zero-order valence-corrected chi connectivity index (χ0v) is 10.1. The Morgan fingerprint density at radius 2 is 2.24 bits per heavy atom. The molecule has 2 aromatic rings. The van der Waals surface area contributed by atoms with E-state index in [1.165, 1.54) is 0 Å². The number of pyridine rings is 1. The molecule has 2 aromatic heterocycles. The summed E-state index contributed by atoms with van der Waals surface area (Å²) >= 11 is 0. The van der Waals surface area contributed by atoms with Crippen LogP contribution in [0, 0.1) is 11.3 Å². The van der Waals surface area contributed by atoms with Crippen LogP contribution in [0.5, 0.6) is 0 Å². The van der Waals surface area contributed by atoms with Gasteiger partial charge in [0.25, 0.3) is 0 Å². The number of aromatic nitrogens is 1. The standard InChI is InChI=1S/C14H16N2O/c1-3-10(2)14(15)13-6-12(7-16-8-13)11-4-5-17-9-11/h4-10,15H,3H2,1-2H3. The van der Waals surface area contributed by atoms with Gasteiger partial charge in [0.2, 0.25) is 0 Å². The molecule has 0 aromatic carbocycles. The van der Waals surface area contributed by atoms with Crippen molar-refractivity contribution in [2.45, 2.75) is 20.3 Å². The first kappa shape index (κ1) is 11.6. The SMILES string of the molecule is CCC(C)C(=N)c1cncc(-c2ccoc2)c1. The summed E-state index contributed by atoms with van der Waals surface area (Å²) in [6.45, 7) is 4.15. The highest BCUT2D eigenvalue weighted by Gasteiger charge is 2.10. The quantitative estimate of drug-likeness (QED) is 0.810. The monoisotopic (exact) mass is 228 g/mol. The molecule has 1 unspecified atom stereocenters. The number of nitrogens with zero attached hydrogens (tertiary/aromatic N) is 1. The van der Waals surface area contributed by atoms with Gasteiger partial charge in [0.15, 0.2) is 0 Å². The Labute approximate surface area is 101 Å². The van der Waals surface area contributed by atoms with Crippen LogP contribution in [0.15, 0.2) is 41.5 Å². The minimum atomic E-state index is 0.261. The molecule has 0 aliphatic heterocycles. The molecule has 2 heterocycles. The highest BCUT2D eigenvalue weighted by Crippen LogP contribution is 2.21. The Morgan fingerprint density at radius 1 is 1.41 bits per heavy atom. The maximum Gasteiger partial charge on any atom is 0.0981 e. The first-order valence-corrected chi connectivity index (χ1v) is 5.78. The summed E-state index contributed by atoms with van der Waals surface area (Å²) in [5, 5.41) is 8.09. The average molecular weight is 228 g/mol. The predicted octanol–water partition coefficient (Wildman–Crippen LogP) is 3.76. The first-order chi connectivity index (χ1) is 8.22. The van der Waals surface area contributed by atoms with Crippen LogP contribution in [0.4, 0.5) is 0 Å². The Hall–Kier alpha value is -1.90. The summed E-state index contributed by atoms with van der Waals surface area (Å²) in [4.78, 5) is 4.20. The highest BCUT2D eigenvalue weighted by molar-refractivity contribution is 6.00. The second-order valence-corrected chi connectivity index (χ2v) is 4.20. The summed E-state index contributed by atoms with van der Waals surface area (Å²) in [6.07, 6.45) is 7.83. The summed E-state index contributed by atoms with van der Waals surface area (Å²) < 4.78 is 5.06. The second kappa shape index (κ2) is 4.95. The Bertz CT molecular complexity index is 503. The fraction of sp³-hybridized carbons (Fsp3) is 0.286. The molecule has 0 aliphatic carbocycles. The smallest absolute Gasteiger partial charge is 0.0981 e. The lowest BCUT2D eigenvalue weighted by Gasteiger charge is -2.11. The number of rotatable bonds is 4. The van der Waals surface area contributed by atoms with E-state index in [1.54, 1.807) is 24.9 Å². The van der Waals surface area contributed by atoms with E-state index >= 15 is 0 Å². The van der Waals surface area contributed by atoms with Crippen molar-refractivity contribution in [3.63, 3.8) is 0 Å². The Morgan fingerprint density at radius 3 is 2.88 bits per heavy atom. The topological polar surface area (TPSA) is 49.9 Å². The van der Waals surface area contributed by atoms with Crippen molar-refractivity contribution in [1.29, 1.82) is 5.41 Å². The van der Waals surface area contributed by atoms with Crippen molar-refractivity contribution in [3.05, 3.63) is 42.6 Å². The van der Waals surface area contributed by atoms with Gasteiger partial charge in [0.1, 0.15) is 0 Å². The lowest BCUT2D eigenvalue weighted by Crippen LogP contribution is -2.10. The van der Waals surface area contributed by atoms with Gasteiger partial charge in [-0.15, -0.1) is 0 Å². The van der Waals surface area contributed by atoms with Gasteiger partial charge >= 0.3 is 0 Å². The third-order valence-corrected chi connectivity index (χ3v) is 3.01. The molecule has 0 radical (unpaired) electrons. The van der Waals surface area contributed by atoms with E-state index in [0.29, 0.717) is 5.71 Å². The van der Waals surface area contributed by atoms with Crippen LogP contribution in [-0.2, 0) is 0 Å². The Kier molecular flexibility index (Phi) is 3.38. The molecule has 0 bridgehead atoms. The van der Waals surface area contributed by atoms with E-state index in [1.807, 2.05) is 12.1 Å². The van der Waals surface area contributed by atoms with Gasteiger partial charge in [-0.3, -0.25) is 4.98 Å². The highest BCUT2D eigenvalue weighted by atomic mass is 16.3. The fourth-order valence-electron chi connectivity index (χ4n) is 1.66. The van der Waals surface area contributed by atoms with E-state index in [0.717, 1.165) is 23.1 Å². The van der Waals surface area contributed by atoms with E-state index in [4.69, 9.17) is 9.83 Å². The number of hydrogen-bond donors (Lipinski definition) is 1. The van der Waals surface area contributed by atoms with Crippen molar-refractivity contribution in [1.82, 2.24) is 4.98 Å². The van der Waals surface area contributed by atoms with Crippen LogP contribution in [0.25, 0.3) is 11.1 Å². The van der Waals surface area contributed by atoms with Gasteiger partial charge in [-0.2, -0.15) is 0 Å². The average Bonchev–Trinajstić information content (AvgIpc) is 2.91. The van der Waals surface area contributed by atoms with Crippen LogP contribution in [0.2, 0.25) is 0 Å². The van der Waals surface area contributed by atoms with Gasteiger partial charge in [-0.05, 0) is 24.5 Å². The molecule has 0 saturated heterocycles. The largest absolute Gasteiger partial charge is 0.472 e. The molecule has 0 saturated carbocycles. The summed E-state index contributed by atoms with van der Waals surface area (Å²) in [6, 6.07) is 3.89. The molecule has 0 amide bonds. The molecule has 0 spiro atoms. The summed E-state index contributed by atoms with van der Waals surface area (Å²) in [7, 11) is 0. The number of nitrogens with one attached hydrogen (secondary N) is 1. The molecule has 3 heteroatoms. The van der Waals surface area contributed by atoms with Gasteiger partial charge in [0, 0.05) is 34.8 Å². The molecule has 2 rings (SSSR count). The molecule has 17 heavy (non-hydrogen) atoms. The van der Waals surface area contributed by atoms with Crippen molar-refractivity contribution in [3.8, 4) is 11.1 Å². The molecule has 88 valence electrons. The second-order valence-electron chi connectivity index (χ2n) is 4.20. The molecular formula is C14H16N2O. The van der Waals surface area contributed by atoms with Crippen LogP contribution in [0.1, 0.15) is 25.8 Å². The van der Waals surface area contributed by atoms with Crippen LogP contribution >= 0.6 is 0 Å². The molecular weight excluding hydrogens is 212 g/mol. The molecule has 3 nitrogen and oxygen atoms in total. The lowest BCUT2D eigenvalue weighted by molar-refractivity contribution is 0.568. The van der Waals surface area contributed by atoms with E-state index < -0.39 is 0 Å². The first-order valence-electron chi connectivity index (χ1n) is 5.78. The minimum Gasteiger partial charge on any atom is -0.472 e. The molecule has 1 atom stereocenters. The van der Waals surface area contributed by atoms with Gasteiger partial charge in [-0.25, -0.2) is 0 Å². The lowest BCUT2D eigenvalue weighted by atomic mass is 9.96. The minimum absolute atomic E-state index is 0.261. The third kappa shape index (κ3) is 2.44. The molecule has 0 aliphatic rings. The van der Waals surface area contributed by atoms with Crippen LogP contribution in [-0.4, -0.2) is 10.7 Å². The maximum atomic E-state index is 8.09. The van der Waals surface area contributed by atoms with Crippen LogP contribution in [0.3, 0.4) is 0 Å². The zero-order valence-electron chi connectivity index (χ0n) is 10.1. The van der Waals surface area contributed by atoms with Crippen LogP contribution < -0.4 is 0 Å². The van der Waals surface area contributed by atoms with Gasteiger partial charge in [-0.1, -0.05) is 13.8 Å². The van der Waals surface area contributed by atoms with Crippen molar-refractivity contribution >= 4 is 5.71 Å². The normalized spacial score (nSPS) is 12.4. The van der Waals surface area contributed by atoms with E-state index in [-0.39, 0.29) is 5.92 Å². The van der Waals surface area contributed by atoms with E-state index in [2.05, 4.69) is 18.8 Å². The van der Waals surface area contributed by atoms with E-state index in [9.17, 15) is 0 Å². The molecule has 0 fully saturated rings. The Balaban J connectivity index is 2.32. The summed E-state index contributed by atoms with van der Waals surface area (Å²) in [5.74, 6) is 0.261. The fourth-order valence-corrected chi connectivity index (χ4v) is 1.66. The van der Waals surface area contributed by atoms with Gasteiger partial charge < -0.3 is 9.83 Å². The maximum absolute atomic E-state index is 8.09. The van der Waals surface area contributed by atoms with Crippen molar-refractivity contribution in [2.24, 2.45) is 5.92 Å². The number of hydrogen-bond acceptors (Lipinski definition) is 3. The third-order valence-electron chi connectivity index (χ3n) is 3.01. The zero-order chi connectivity index (χ0) is 12.3.